The fourth-order valence-corrected chi connectivity index (χ4v) is 5.11. The summed E-state index contributed by atoms with van der Waals surface area (Å²) in [4.78, 5) is 0. The molecule has 0 saturated carbocycles. The second-order valence-electron chi connectivity index (χ2n) is 11.0. The molecule has 0 aliphatic heterocycles. The number of unbranched alkanes of at least 4 members (excludes halogenated alkanes) is 15. The molecule has 1 nitrogen and oxygen atoms in total. The van der Waals surface area contributed by atoms with Crippen LogP contribution in [-0.4, -0.2) is 39.7 Å². The van der Waals surface area contributed by atoms with E-state index >= 15 is 0 Å². The van der Waals surface area contributed by atoms with Crippen molar-refractivity contribution in [3.05, 3.63) is 0 Å². The van der Waals surface area contributed by atoms with Gasteiger partial charge in [0, 0.05) is 0 Å². The van der Waals surface area contributed by atoms with E-state index in [4.69, 9.17) is 0 Å². The minimum atomic E-state index is -0.874. The summed E-state index contributed by atoms with van der Waals surface area (Å²) in [5, 5.41) is 0. The molecule has 164 valence electrons. The van der Waals surface area contributed by atoms with Gasteiger partial charge < -0.3 is 4.48 Å². The van der Waals surface area contributed by atoms with Crippen LogP contribution in [0, 0.1) is 0 Å². The zero-order valence-electron chi connectivity index (χ0n) is 20.4. The van der Waals surface area contributed by atoms with Crippen LogP contribution in [-0.2, 0) is 0 Å². The normalized spacial score (nSPS) is 12.7. The van der Waals surface area contributed by atoms with Crippen LogP contribution >= 0.6 is 0 Å². The largest absolute Gasteiger partial charge is 0.329 e. The van der Waals surface area contributed by atoms with Crippen molar-refractivity contribution in [2.75, 3.05) is 27.2 Å². The van der Waals surface area contributed by atoms with Crippen molar-refractivity contribution < 1.29 is 4.48 Å². The molecule has 0 saturated heterocycles. The van der Waals surface area contributed by atoms with Crippen LogP contribution in [0.25, 0.3) is 0 Å². The number of quaternary nitrogens is 1. The molecule has 0 aromatic rings. The van der Waals surface area contributed by atoms with E-state index in [1.165, 1.54) is 126 Å². The highest BCUT2D eigenvalue weighted by Crippen LogP contribution is 2.15. The Hall–Kier alpha value is 0.177. The van der Waals surface area contributed by atoms with Gasteiger partial charge >= 0.3 is 0 Å². The van der Waals surface area contributed by atoms with Gasteiger partial charge in [-0.1, -0.05) is 116 Å². The van der Waals surface area contributed by atoms with Gasteiger partial charge in [-0.25, -0.2) is 0 Å². The van der Waals surface area contributed by atoms with Gasteiger partial charge in [0.2, 0.25) is 0 Å². The average molecular weight is 399 g/mol. The van der Waals surface area contributed by atoms with Gasteiger partial charge in [0.25, 0.3) is 0 Å². The zero-order chi connectivity index (χ0) is 20.4. The predicted molar refractivity (Wildman–Crippen MR) is 130 cm³/mol. The van der Waals surface area contributed by atoms with E-state index in [0.717, 1.165) is 0 Å². The number of hydrogen-bond acceptors (Lipinski definition) is 0. The molecular formula is C25H56NSi+. The van der Waals surface area contributed by atoms with E-state index in [0.29, 0.717) is 0 Å². The Morgan fingerprint density at radius 1 is 0.481 bits per heavy atom. The molecule has 0 radical (unpaired) electrons. The van der Waals surface area contributed by atoms with Gasteiger partial charge in [-0.15, -0.1) is 0 Å². The van der Waals surface area contributed by atoms with E-state index in [-0.39, 0.29) is 0 Å². The van der Waals surface area contributed by atoms with Crippen LogP contribution in [0.2, 0.25) is 25.7 Å². The number of nitrogens with zero attached hydrogens (tertiary/aromatic N) is 1. The molecule has 0 bridgehead atoms. The highest BCUT2D eigenvalue weighted by atomic mass is 28.3. The molecule has 0 spiro atoms. The van der Waals surface area contributed by atoms with E-state index in [2.05, 4.69) is 40.7 Å². The molecule has 0 aromatic heterocycles. The Kier molecular flexibility index (Phi) is 17.2. The lowest BCUT2D eigenvalue weighted by Crippen LogP contribution is -2.43. The third kappa shape index (κ3) is 22.3. The maximum Gasteiger partial charge on any atom is 0.0782 e. The van der Waals surface area contributed by atoms with Gasteiger partial charge in [0.15, 0.2) is 0 Å². The summed E-state index contributed by atoms with van der Waals surface area (Å²) in [5.41, 5.74) is 0. The Morgan fingerprint density at radius 2 is 0.815 bits per heavy atom. The molecule has 0 aromatic carbocycles. The molecule has 0 aliphatic carbocycles. The SMILES string of the molecule is CCCCCCCCCCCCCCCCCC[N+](C)(C)CC[Si](C)(C)C. The molecule has 27 heavy (non-hydrogen) atoms. The van der Waals surface area contributed by atoms with Crippen LogP contribution in [0.5, 0.6) is 0 Å². The monoisotopic (exact) mass is 398 g/mol. The third-order valence-corrected chi connectivity index (χ3v) is 7.81. The minimum absolute atomic E-state index is 0.874. The maximum absolute atomic E-state index is 2.50. The van der Waals surface area contributed by atoms with Crippen molar-refractivity contribution >= 4 is 8.07 Å². The number of rotatable bonds is 20. The first-order valence-corrected chi connectivity index (χ1v) is 16.3. The smallest absolute Gasteiger partial charge is 0.0782 e. The van der Waals surface area contributed by atoms with Gasteiger partial charge in [-0.05, 0) is 18.9 Å². The Labute approximate surface area is 175 Å². The summed E-state index contributed by atoms with van der Waals surface area (Å²) in [6, 6.07) is 1.47. The van der Waals surface area contributed by atoms with Crippen LogP contribution in [0.1, 0.15) is 110 Å². The summed E-state index contributed by atoms with van der Waals surface area (Å²) < 4.78 is 1.24. The number of hydrogen-bond donors (Lipinski definition) is 0. The highest BCUT2D eigenvalue weighted by molar-refractivity contribution is 6.76. The Bertz CT molecular complexity index is 306. The standard InChI is InChI=1S/C25H56NSi/c1-7-8-9-10-11-12-13-14-15-16-17-18-19-20-21-22-23-26(2,3)24-25-27(4,5)6/h7-25H2,1-6H3/q+1. The third-order valence-electron chi connectivity index (χ3n) is 6.08. The molecule has 0 unspecified atom stereocenters. The molecular weight excluding hydrogens is 342 g/mol. The maximum atomic E-state index is 2.50. The van der Waals surface area contributed by atoms with Crippen LogP contribution in [0.15, 0.2) is 0 Å². The summed E-state index contributed by atoms with van der Waals surface area (Å²) in [6.07, 6.45) is 23.4. The van der Waals surface area contributed by atoms with E-state index in [1.54, 1.807) is 0 Å². The van der Waals surface area contributed by atoms with Crippen molar-refractivity contribution in [3.63, 3.8) is 0 Å². The van der Waals surface area contributed by atoms with Crippen LogP contribution < -0.4 is 0 Å². The minimum Gasteiger partial charge on any atom is -0.329 e. The summed E-state index contributed by atoms with van der Waals surface area (Å²) in [6.45, 7) is 12.6. The van der Waals surface area contributed by atoms with Gasteiger partial charge in [0.1, 0.15) is 0 Å². The molecule has 2 heteroatoms. The van der Waals surface area contributed by atoms with Crippen molar-refractivity contribution in [2.24, 2.45) is 0 Å². The lowest BCUT2D eigenvalue weighted by Gasteiger charge is -2.32. The first-order valence-electron chi connectivity index (χ1n) is 12.6. The van der Waals surface area contributed by atoms with Crippen LogP contribution in [0.3, 0.4) is 0 Å². The second kappa shape index (κ2) is 17.1. The van der Waals surface area contributed by atoms with E-state index < -0.39 is 8.07 Å². The van der Waals surface area contributed by atoms with Crippen LogP contribution in [0.4, 0.5) is 0 Å². The molecule has 0 rings (SSSR count). The topological polar surface area (TPSA) is 0 Å². The fraction of sp³-hybridized carbons (Fsp3) is 1.00. The Morgan fingerprint density at radius 3 is 1.15 bits per heavy atom. The molecule has 0 heterocycles. The highest BCUT2D eigenvalue weighted by Gasteiger charge is 2.20. The van der Waals surface area contributed by atoms with Crippen molar-refractivity contribution in [1.82, 2.24) is 0 Å². The van der Waals surface area contributed by atoms with E-state index in [9.17, 15) is 0 Å². The Balaban J connectivity index is 3.27. The summed E-state index contributed by atoms with van der Waals surface area (Å²) in [5.74, 6) is 0. The van der Waals surface area contributed by atoms with Gasteiger partial charge in [0.05, 0.1) is 35.3 Å². The predicted octanol–water partition coefficient (Wildman–Crippen LogP) is 8.66. The first kappa shape index (κ1) is 27.2. The molecule has 0 amide bonds. The molecule has 0 atom stereocenters. The average Bonchev–Trinajstić information content (AvgIpc) is 2.59. The lowest BCUT2D eigenvalue weighted by molar-refractivity contribution is -0.888. The fourth-order valence-electron chi connectivity index (χ4n) is 3.84. The van der Waals surface area contributed by atoms with Crippen molar-refractivity contribution in [1.29, 1.82) is 0 Å². The first-order chi connectivity index (χ1) is 12.8. The lowest BCUT2D eigenvalue weighted by atomic mass is 10.0. The summed E-state index contributed by atoms with van der Waals surface area (Å²) >= 11 is 0. The quantitative estimate of drug-likeness (QED) is 0.109. The van der Waals surface area contributed by atoms with Crippen molar-refractivity contribution in [2.45, 2.75) is 135 Å². The van der Waals surface area contributed by atoms with Gasteiger partial charge in [-0.3, -0.25) is 0 Å². The molecule has 0 aliphatic rings. The molecule has 0 fully saturated rings. The molecule has 0 N–H and O–H groups in total. The summed E-state index contributed by atoms with van der Waals surface area (Å²) in [7, 11) is 4.00. The van der Waals surface area contributed by atoms with Crippen molar-refractivity contribution in [3.8, 4) is 0 Å². The zero-order valence-corrected chi connectivity index (χ0v) is 21.4. The second-order valence-corrected chi connectivity index (χ2v) is 16.6. The van der Waals surface area contributed by atoms with Gasteiger partial charge in [-0.2, -0.15) is 0 Å². The van der Waals surface area contributed by atoms with E-state index in [1.807, 2.05) is 0 Å².